The van der Waals surface area contributed by atoms with Crippen molar-refractivity contribution >= 4 is 17.5 Å². The second kappa shape index (κ2) is 7.88. The Bertz CT molecular complexity index is 811. The van der Waals surface area contributed by atoms with Gasteiger partial charge in [0, 0.05) is 19.3 Å². The number of carbonyl (C=O) groups excluding carboxylic acids is 1. The fourth-order valence-corrected chi connectivity index (χ4v) is 4.60. The number of pyridine rings is 1. The highest BCUT2D eigenvalue weighted by Gasteiger charge is 2.48. The molecule has 142 valence electrons. The van der Waals surface area contributed by atoms with Crippen LogP contribution < -0.4 is 9.47 Å². The molecule has 2 aromatic rings. The van der Waals surface area contributed by atoms with Gasteiger partial charge < -0.3 is 14.2 Å². The predicted octanol–water partition coefficient (Wildman–Crippen LogP) is 3.22. The van der Waals surface area contributed by atoms with Gasteiger partial charge in [-0.15, -0.1) is 0 Å². The van der Waals surface area contributed by atoms with E-state index in [4.69, 9.17) is 14.2 Å². The van der Waals surface area contributed by atoms with Gasteiger partial charge in [0.15, 0.2) is 17.3 Å². The maximum absolute atomic E-state index is 13.1. The van der Waals surface area contributed by atoms with Crippen LogP contribution in [0.3, 0.4) is 0 Å². The third kappa shape index (κ3) is 3.67. The summed E-state index contributed by atoms with van der Waals surface area (Å²) in [5.41, 5.74) is 0.575. The SMILES string of the molecule is CCOc1cccc2c1OC(Sc1ccccn1)(N1CCOCC1)CC2=O. The fourth-order valence-electron chi connectivity index (χ4n) is 3.38. The Labute approximate surface area is 162 Å². The van der Waals surface area contributed by atoms with Gasteiger partial charge in [0.05, 0.1) is 31.8 Å². The molecule has 3 heterocycles. The molecule has 2 aliphatic heterocycles. The number of carbonyl (C=O) groups is 1. The summed E-state index contributed by atoms with van der Waals surface area (Å²) in [4.78, 5) is 19.7. The molecule has 27 heavy (non-hydrogen) atoms. The Morgan fingerprint density at radius 1 is 1.22 bits per heavy atom. The van der Waals surface area contributed by atoms with Gasteiger partial charge in [-0.3, -0.25) is 9.69 Å². The van der Waals surface area contributed by atoms with Crippen LogP contribution in [0.2, 0.25) is 0 Å². The van der Waals surface area contributed by atoms with Crippen LogP contribution in [0.1, 0.15) is 23.7 Å². The van der Waals surface area contributed by atoms with E-state index >= 15 is 0 Å². The van der Waals surface area contributed by atoms with Crippen molar-refractivity contribution in [1.82, 2.24) is 9.88 Å². The number of benzene rings is 1. The van der Waals surface area contributed by atoms with Crippen LogP contribution in [0.5, 0.6) is 11.5 Å². The molecule has 0 radical (unpaired) electrons. The molecule has 1 atom stereocenters. The molecule has 1 saturated heterocycles. The number of hydrogen-bond acceptors (Lipinski definition) is 7. The average Bonchev–Trinajstić information content (AvgIpc) is 2.70. The molecule has 0 amide bonds. The summed E-state index contributed by atoms with van der Waals surface area (Å²) in [6.07, 6.45) is 2.00. The van der Waals surface area contributed by atoms with E-state index in [1.54, 1.807) is 12.3 Å². The van der Waals surface area contributed by atoms with Crippen molar-refractivity contribution in [3.8, 4) is 11.5 Å². The first-order valence-corrected chi connectivity index (χ1v) is 9.94. The Morgan fingerprint density at radius 3 is 2.81 bits per heavy atom. The van der Waals surface area contributed by atoms with Crippen molar-refractivity contribution in [3.05, 3.63) is 48.2 Å². The van der Waals surface area contributed by atoms with Gasteiger partial charge in [-0.1, -0.05) is 12.1 Å². The fraction of sp³-hybridized carbons (Fsp3) is 0.400. The molecule has 1 aromatic heterocycles. The summed E-state index contributed by atoms with van der Waals surface area (Å²) in [6.45, 7) is 5.04. The highest BCUT2D eigenvalue weighted by Crippen LogP contribution is 2.48. The van der Waals surface area contributed by atoms with Crippen LogP contribution in [-0.2, 0) is 4.74 Å². The lowest BCUT2D eigenvalue weighted by Gasteiger charge is -2.46. The highest BCUT2D eigenvalue weighted by atomic mass is 32.2. The lowest BCUT2D eigenvalue weighted by Crippen LogP contribution is -2.57. The maximum Gasteiger partial charge on any atom is 0.225 e. The van der Waals surface area contributed by atoms with Crippen molar-refractivity contribution in [2.24, 2.45) is 0 Å². The molecule has 7 heteroatoms. The smallest absolute Gasteiger partial charge is 0.225 e. The Hall–Kier alpha value is -2.09. The highest BCUT2D eigenvalue weighted by molar-refractivity contribution is 8.00. The largest absolute Gasteiger partial charge is 0.490 e. The lowest BCUT2D eigenvalue weighted by molar-refractivity contribution is -0.0701. The van der Waals surface area contributed by atoms with Crippen molar-refractivity contribution in [3.63, 3.8) is 0 Å². The number of nitrogens with zero attached hydrogens (tertiary/aromatic N) is 2. The average molecular weight is 386 g/mol. The zero-order chi connectivity index (χ0) is 18.7. The Morgan fingerprint density at radius 2 is 2.07 bits per heavy atom. The lowest BCUT2D eigenvalue weighted by atomic mass is 10.0. The molecule has 2 aliphatic rings. The summed E-state index contributed by atoms with van der Waals surface area (Å²) in [5.74, 6) is 1.17. The number of ketones is 1. The summed E-state index contributed by atoms with van der Waals surface area (Å²) < 4.78 is 17.8. The summed E-state index contributed by atoms with van der Waals surface area (Å²) >= 11 is 1.47. The van der Waals surface area contributed by atoms with E-state index in [9.17, 15) is 4.79 Å². The molecular formula is C20H22N2O4S. The molecule has 1 unspecified atom stereocenters. The Balaban J connectivity index is 1.76. The minimum Gasteiger partial charge on any atom is -0.490 e. The van der Waals surface area contributed by atoms with Crippen LogP contribution in [0.25, 0.3) is 0 Å². The molecule has 0 spiro atoms. The number of morpholine rings is 1. The number of para-hydroxylation sites is 1. The second-order valence-electron chi connectivity index (χ2n) is 6.35. The Kier molecular flexibility index (Phi) is 5.33. The van der Waals surface area contributed by atoms with Crippen LogP contribution in [-0.4, -0.2) is 53.6 Å². The number of rotatable bonds is 5. The zero-order valence-corrected chi connectivity index (χ0v) is 16.0. The van der Waals surface area contributed by atoms with E-state index in [0.29, 0.717) is 50.0 Å². The number of hydrogen-bond donors (Lipinski definition) is 0. The molecule has 1 aromatic carbocycles. The van der Waals surface area contributed by atoms with E-state index in [2.05, 4.69) is 9.88 Å². The molecule has 6 nitrogen and oxygen atoms in total. The van der Waals surface area contributed by atoms with Crippen molar-refractivity contribution < 1.29 is 19.0 Å². The van der Waals surface area contributed by atoms with Crippen molar-refractivity contribution in [1.29, 1.82) is 0 Å². The van der Waals surface area contributed by atoms with E-state index < -0.39 is 5.06 Å². The standard InChI is InChI=1S/C20H22N2O4S/c1-2-25-17-7-5-6-15-16(23)14-20(26-19(15)17,22-10-12-24-13-11-22)27-18-8-3-4-9-21-18/h3-9H,2,10-14H2,1H3. The van der Waals surface area contributed by atoms with Gasteiger partial charge in [-0.2, -0.15) is 0 Å². The normalized spacial score (nSPS) is 22.8. The van der Waals surface area contributed by atoms with Crippen molar-refractivity contribution in [2.75, 3.05) is 32.9 Å². The van der Waals surface area contributed by atoms with Gasteiger partial charge in [-0.25, -0.2) is 4.98 Å². The van der Waals surface area contributed by atoms with E-state index in [1.807, 2.05) is 37.3 Å². The minimum atomic E-state index is -0.866. The first kappa shape index (κ1) is 18.3. The van der Waals surface area contributed by atoms with Crippen molar-refractivity contribution in [2.45, 2.75) is 23.4 Å². The monoisotopic (exact) mass is 386 g/mol. The predicted molar refractivity (Wildman–Crippen MR) is 102 cm³/mol. The first-order valence-electron chi connectivity index (χ1n) is 9.13. The van der Waals surface area contributed by atoms with Crippen LogP contribution in [0, 0.1) is 0 Å². The minimum absolute atomic E-state index is 0.0488. The molecule has 0 N–H and O–H groups in total. The third-order valence-corrected chi connectivity index (χ3v) is 5.87. The van der Waals surface area contributed by atoms with Gasteiger partial charge >= 0.3 is 0 Å². The van der Waals surface area contributed by atoms with Gasteiger partial charge in [0.25, 0.3) is 0 Å². The molecular weight excluding hydrogens is 364 g/mol. The summed E-state index contributed by atoms with van der Waals surface area (Å²) in [7, 11) is 0. The number of thioether (sulfide) groups is 1. The quantitative estimate of drug-likeness (QED) is 0.782. The van der Waals surface area contributed by atoms with Gasteiger partial charge in [-0.05, 0) is 43.0 Å². The van der Waals surface area contributed by atoms with E-state index in [-0.39, 0.29) is 12.2 Å². The third-order valence-electron chi connectivity index (χ3n) is 4.62. The second-order valence-corrected chi connectivity index (χ2v) is 7.61. The van der Waals surface area contributed by atoms with Gasteiger partial charge in [0.1, 0.15) is 5.03 Å². The number of ether oxygens (including phenoxy) is 3. The summed E-state index contributed by atoms with van der Waals surface area (Å²) in [5, 5.41) is -0.0516. The number of Topliss-reactive ketones (excluding diaryl/α,β-unsaturated/α-hetero) is 1. The number of fused-ring (bicyclic) bond motifs is 1. The maximum atomic E-state index is 13.1. The topological polar surface area (TPSA) is 60.9 Å². The molecule has 0 saturated carbocycles. The first-order chi connectivity index (χ1) is 13.2. The molecule has 4 rings (SSSR count). The van der Waals surface area contributed by atoms with Gasteiger partial charge in [0.2, 0.25) is 5.06 Å². The van der Waals surface area contributed by atoms with Crippen LogP contribution in [0.4, 0.5) is 0 Å². The molecule has 1 fully saturated rings. The molecule has 0 aliphatic carbocycles. The van der Waals surface area contributed by atoms with E-state index in [0.717, 1.165) is 5.03 Å². The van der Waals surface area contributed by atoms with Crippen LogP contribution in [0.15, 0.2) is 47.6 Å². The summed E-state index contributed by atoms with van der Waals surface area (Å²) in [6, 6.07) is 11.2. The number of aromatic nitrogens is 1. The zero-order valence-electron chi connectivity index (χ0n) is 15.2. The van der Waals surface area contributed by atoms with Crippen LogP contribution >= 0.6 is 11.8 Å². The molecule has 0 bridgehead atoms. The van der Waals surface area contributed by atoms with E-state index in [1.165, 1.54) is 11.8 Å².